The van der Waals surface area contributed by atoms with Gasteiger partial charge in [-0.3, -0.25) is 14.9 Å². The number of benzene rings is 3. The number of aromatic nitrogens is 4. The topological polar surface area (TPSA) is 183 Å². The maximum Gasteiger partial charge on any atom is 0.407 e. The molecule has 3 aromatic carbocycles. The molecule has 0 saturated carbocycles. The molecule has 0 radical (unpaired) electrons. The minimum atomic E-state index is -1.09. The van der Waals surface area contributed by atoms with Crippen molar-refractivity contribution in [2.45, 2.75) is 62.2 Å². The number of aromatic amines is 2. The first-order chi connectivity index (χ1) is 27.3. The summed E-state index contributed by atoms with van der Waals surface area (Å²) in [5, 5.41) is 8.84. The number of nitrogens with zero attached hydrogens (tertiary/aromatic N) is 3. The van der Waals surface area contributed by atoms with Gasteiger partial charge in [-0.05, 0) is 67.3 Å². The third-order valence-electron chi connectivity index (χ3n) is 10.7. The minimum absolute atomic E-state index is 0.204. The van der Waals surface area contributed by atoms with Gasteiger partial charge in [0, 0.05) is 18.4 Å². The Kier molecular flexibility index (Phi) is 11.6. The summed E-state index contributed by atoms with van der Waals surface area (Å²) in [6.07, 6.45) is 6.50. The number of methoxy groups -OCH3 is 2. The molecule has 290 valence electrons. The molecular formula is C42H46N8O6. The summed E-state index contributed by atoms with van der Waals surface area (Å²) in [6.45, 7) is 1.19. The fraction of sp³-hybridized carbons (Fsp3) is 0.333. The number of carbonyl (C=O) groups is 4. The van der Waals surface area contributed by atoms with Crippen LogP contribution in [0.15, 0.2) is 97.3 Å². The Morgan fingerprint density at radius 1 is 0.804 bits per heavy atom. The second-order valence-corrected chi connectivity index (χ2v) is 14.1. The van der Waals surface area contributed by atoms with Crippen molar-refractivity contribution in [3.05, 3.63) is 131 Å². The molecule has 2 saturated heterocycles. The van der Waals surface area contributed by atoms with Gasteiger partial charge in [0.15, 0.2) is 5.78 Å². The van der Waals surface area contributed by atoms with E-state index in [9.17, 15) is 19.2 Å². The monoisotopic (exact) mass is 758 g/mol. The average molecular weight is 759 g/mol. The quantitative estimate of drug-likeness (QED) is 0.102. The highest BCUT2D eigenvalue weighted by molar-refractivity contribution is 5.96. The summed E-state index contributed by atoms with van der Waals surface area (Å²) in [4.78, 5) is 70.7. The van der Waals surface area contributed by atoms with Gasteiger partial charge in [-0.25, -0.2) is 19.6 Å². The van der Waals surface area contributed by atoms with Crippen molar-refractivity contribution in [1.82, 2.24) is 40.8 Å². The fourth-order valence-electron chi connectivity index (χ4n) is 7.72. The summed E-state index contributed by atoms with van der Waals surface area (Å²) in [5.41, 5.74) is 4.07. The van der Waals surface area contributed by atoms with Crippen LogP contribution in [0.1, 0.15) is 77.8 Å². The number of ether oxygens (including phenoxy) is 2. The Morgan fingerprint density at radius 3 is 2.11 bits per heavy atom. The molecule has 14 heteroatoms. The van der Waals surface area contributed by atoms with E-state index in [-0.39, 0.29) is 17.7 Å². The Bertz CT molecular complexity index is 2130. The lowest BCUT2D eigenvalue weighted by Crippen LogP contribution is -2.51. The highest BCUT2D eigenvalue weighted by Crippen LogP contribution is 2.36. The molecule has 2 fully saturated rings. The van der Waals surface area contributed by atoms with Crippen LogP contribution in [0.4, 0.5) is 9.59 Å². The molecular weight excluding hydrogens is 713 g/mol. The van der Waals surface area contributed by atoms with Gasteiger partial charge in [0.2, 0.25) is 0 Å². The van der Waals surface area contributed by atoms with Crippen molar-refractivity contribution in [2.24, 2.45) is 0 Å². The number of aryl methyl sites for hydroxylation is 2. The lowest BCUT2D eigenvalue weighted by molar-refractivity contribution is -0.134. The molecule has 5 aromatic rings. The van der Waals surface area contributed by atoms with Gasteiger partial charge in [-0.1, -0.05) is 84.9 Å². The number of hydrogen-bond acceptors (Lipinski definition) is 9. The Hall–Kier alpha value is -6.28. The van der Waals surface area contributed by atoms with Crippen molar-refractivity contribution >= 4 is 23.9 Å². The van der Waals surface area contributed by atoms with E-state index in [1.54, 1.807) is 17.3 Å². The van der Waals surface area contributed by atoms with Crippen molar-refractivity contribution in [3.63, 3.8) is 0 Å². The first-order valence-corrected chi connectivity index (χ1v) is 18.9. The fourth-order valence-corrected chi connectivity index (χ4v) is 7.72. The molecule has 7 rings (SSSR count). The number of carbonyl (C=O) groups excluding carboxylic acids is 4. The molecule has 2 aliphatic heterocycles. The zero-order valence-corrected chi connectivity index (χ0v) is 31.4. The number of imidazole rings is 2. The van der Waals surface area contributed by atoms with Gasteiger partial charge >= 0.3 is 12.2 Å². The normalized spacial score (nSPS) is 18.9. The van der Waals surface area contributed by atoms with E-state index in [0.29, 0.717) is 48.7 Å². The number of ketones is 1. The number of nitrogens with one attached hydrogen (secondary N) is 5. The number of likely N-dealkylation sites (tertiary alicyclic amines) is 1. The van der Waals surface area contributed by atoms with Gasteiger partial charge < -0.3 is 35.0 Å². The van der Waals surface area contributed by atoms with Crippen molar-refractivity contribution in [1.29, 1.82) is 0 Å². The van der Waals surface area contributed by atoms with Gasteiger partial charge in [-0.15, -0.1) is 0 Å². The molecule has 4 atom stereocenters. The summed E-state index contributed by atoms with van der Waals surface area (Å²) in [7, 11) is 2.55. The van der Waals surface area contributed by atoms with Crippen LogP contribution in [0.3, 0.4) is 0 Å². The van der Waals surface area contributed by atoms with E-state index in [1.165, 1.54) is 14.2 Å². The first kappa shape index (κ1) is 38.0. The van der Waals surface area contributed by atoms with Crippen molar-refractivity contribution in [3.8, 4) is 11.3 Å². The second-order valence-electron chi connectivity index (χ2n) is 14.1. The Morgan fingerprint density at radius 2 is 1.46 bits per heavy atom. The minimum Gasteiger partial charge on any atom is -0.453 e. The molecule has 0 unspecified atom stereocenters. The largest absolute Gasteiger partial charge is 0.453 e. The number of Topliss-reactive ketones (excluding diaryl/α,β-unsaturated/α-hetero) is 1. The van der Waals surface area contributed by atoms with Crippen LogP contribution in [-0.2, 0) is 37.4 Å². The molecule has 14 nitrogen and oxygen atoms in total. The smallest absolute Gasteiger partial charge is 0.407 e. The van der Waals surface area contributed by atoms with Crippen LogP contribution < -0.4 is 16.0 Å². The number of hydrogen-bond donors (Lipinski definition) is 5. The molecule has 0 bridgehead atoms. The second kappa shape index (κ2) is 17.0. The van der Waals surface area contributed by atoms with Crippen molar-refractivity contribution < 1.29 is 28.7 Å². The number of rotatable bonds is 13. The summed E-state index contributed by atoms with van der Waals surface area (Å²) >= 11 is 0. The number of amides is 3. The average Bonchev–Trinajstić information content (AvgIpc) is 4.09. The number of H-pyrrole nitrogens is 2. The van der Waals surface area contributed by atoms with Gasteiger partial charge in [0.25, 0.3) is 5.91 Å². The van der Waals surface area contributed by atoms with Gasteiger partial charge in [0.05, 0.1) is 32.2 Å². The Balaban J connectivity index is 1.01. The van der Waals surface area contributed by atoms with E-state index < -0.39 is 29.8 Å². The Labute approximate surface area is 324 Å². The summed E-state index contributed by atoms with van der Waals surface area (Å²) in [6, 6.07) is 24.5. The van der Waals surface area contributed by atoms with E-state index in [0.717, 1.165) is 48.2 Å². The van der Waals surface area contributed by atoms with E-state index in [4.69, 9.17) is 9.47 Å². The number of alkyl carbamates (subject to hydrolysis) is 2. The predicted octanol–water partition coefficient (Wildman–Crippen LogP) is 5.59. The maximum absolute atomic E-state index is 14.3. The van der Waals surface area contributed by atoms with E-state index in [2.05, 4.69) is 48.0 Å². The van der Waals surface area contributed by atoms with Gasteiger partial charge in [-0.2, -0.15) is 0 Å². The standard InChI is InChI=1S/C42H46N8O6/c1-55-40(53)48-34(29-11-5-3-6-12-29)36(51)42(22-10-23-45-42)39-44-25-31(46-39)21-18-27-16-19-28(20-17-27)32-26-43-37(47-32)33-15-9-24-50(33)38(52)35(49-41(54)56-2)30-13-7-4-8-14-30/h3-8,11-14,16-17,19-20,25-26,33-35,45H,9-10,15,18,21-24H2,1-2H3,(H,43,47)(H,44,46)(H,48,53)(H,49,54)/t33-,34+,35+,42+/m0/s1. The van der Waals surface area contributed by atoms with Crippen LogP contribution >= 0.6 is 0 Å². The van der Waals surface area contributed by atoms with Crippen molar-refractivity contribution in [2.75, 3.05) is 27.3 Å². The zero-order valence-electron chi connectivity index (χ0n) is 31.4. The molecule has 0 aliphatic carbocycles. The molecule has 56 heavy (non-hydrogen) atoms. The van der Waals surface area contributed by atoms with Crippen LogP contribution in [0, 0.1) is 0 Å². The van der Waals surface area contributed by atoms with Crippen LogP contribution in [0.25, 0.3) is 11.3 Å². The summed E-state index contributed by atoms with van der Waals surface area (Å²) < 4.78 is 9.67. The van der Waals surface area contributed by atoms with E-state index >= 15 is 0 Å². The van der Waals surface area contributed by atoms with Crippen LogP contribution in [0.2, 0.25) is 0 Å². The van der Waals surface area contributed by atoms with Crippen LogP contribution in [-0.4, -0.2) is 76.0 Å². The van der Waals surface area contributed by atoms with Crippen LogP contribution in [0.5, 0.6) is 0 Å². The highest BCUT2D eigenvalue weighted by Gasteiger charge is 2.48. The molecule has 2 aromatic heterocycles. The first-order valence-electron chi connectivity index (χ1n) is 18.9. The van der Waals surface area contributed by atoms with Gasteiger partial charge in [0.1, 0.15) is 29.3 Å². The maximum atomic E-state index is 14.3. The predicted molar refractivity (Wildman–Crippen MR) is 207 cm³/mol. The SMILES string of the molecule is COC(=O)N[C@@H](C(=O)N1CCC[C@H]1c1ncc(-c2ccc(CCc3cnc([C@]4(C(=O)[C@H](NC(=O)OC)c5ccccc5)CCCN4)[nH]3)cc2)[nH]1)c1ccccc1. The molecule has 5 N–H and O–H groups in total. The molecule has 0 spiro atoms. The van der Waals surface area contributed by atoms with E-state index in [1.807, 2.05) is 72.8 Å². The summed E-state index contributed by atoms with van der Waals surface area (Å²) in [5.74, 6) is 0.804. The lowest BCUT2D eigenvalue weighted by Gasteiger charge is -2.30. The highest BCUT2D eigenvalue weighted by atomic mass is 16.5. The molecule has 2 aliphatic rings. The third kappa shape index (κ3) is 8.05. The third-order valence-corrected chi connectivity index (χ3v) is 10.7. The molecule has 3 amide bonds. The lowest BCUT2D eigenvalue weighted by atomic mass is 9.84. The molecule has 4 heterocycles. The zero-order chi connectivity index (χ0) is 39.1.